The lowest BCUT2D eigenvalue weighted by molar-refractivity contribution is -0.119. The molecule has 2 rings (SSSR count). The molecule has 26 heavy (non-hydrogen) atoms. The van der Waals surface area contributed by atoms with Crippen LogP contribution < -0.4 is 14.4 Å². The zero-order chi connectivity index (χ0) is 19.2. The lowest BCUT2D eigenvalue weighted by atomic mass is 10.3. The van der Waals surface area contributed by atoms with Crippen LogP contribution in [0, 0.1) is 11.6 Å². The summed E-state index contributed by atoms with van der Waals surface area (Å²) in [5, 5.41) is 2.51. The van der Waals surface area contributed by atoms with E-state index in [4.69, 9.17) is 4.74 Å². The van der Waals surface area contributed by atoms with E-state index in [0.717, 1.165) is 24.5 Å². The first-order valence-corrected chi connectivity index (χ1v) is 9.49. The predicted octanol–water partition coefficient (Wildman–Crippen LogP) is 1.93. The Morgan fingerprint density at radius 3 is 2.42 bits per heavy atom. The topological polar surface area (TPSA) is 75.7 Å². The van der Waals surface area contributed by atoms with E-state index in [2.05, 4.69) is 5.32 Å². The highest BCUT2D eigenvalue weighted by molar-refractivity contribution is 7.92. The van der Waals surface area contributed by atoms with Crippen LogP contribution in [0.3, 0.4) is 0 Å². The summed E-state index contributed by atoms with van der Waals surface area (Å²) in [6.45, 7) is -0.210. The molecule has 0 unspecified atom stereocenters. The summed E-state index contributed by atoms with van der Waals surface area (Å²) >= 11 is 0. The second-order valence-corrected chi connectivity index (χ2v) is 7.29. The quantitative estimate of drug-likeness (QED) is 0.706. The first-order valence-electron chi connectivity index (χ1n) is 7.64. The number of amides is 1. The van der Waals surface area contributed by atoms with Gasteiger partial charge in [-0.3, -0.25) is 9.10 Å². The van der Waals surface area contributed by atoms with Gasteiger partial charge in [-0.05, 0) is 24.3 Å². The highest BCUT2D eigenvalue weighted by Gasteiger charge is 2.21. The van der Waals surface area contributed by atoms with Gasteiger partial charge in [0, 0.05) is 6.07 Å². The third-order valence-electron chi connectivity index (χ3n) is 3.31. The number of benzene rings is 2. The summed E-state index contributed by atoms with van der Waals surface area (Å²) in [5.74, 6) is -2.27. The molecule has 0 aromatic heterocycles. The summed E-state index contributed by atoms with van der Waals surface area (Å²) in [6.07, 6.45) is 0.875. The molecule has 2 aromatic carbocycles. The van der Waals surface area contributed by atoms with Crippen LogP contribution in [0.1, 0.15) is 0 Å². The van der Waals surface area contributed by atoms with Crippen LogP contribution >= 0.6 is 0 Å². The van der Waals surface area contributed by atoms with Crippen molar-refractivity contribution in [3.05, 3.63) is 60.2 Å². The molecule has 0 saturated heterocycles. The standard InChI is InChI=1S/C17H18F2N2O4S/c1-26(23,24)21(13-7-8-15(18)16(19)11-13)12-17(22)20-9-10-25-14-5-3-2-4-6-14/h2-8,11H,9-10,12H2,1H3,(H,20,22). The van der Waals surface area contributed by atoms with Gasteiger partial charge in [-0.2, -0.15) is 0 Å². The van der Waals surface area contributed by atoms with Gasteiger partial charge in [0.05, 0.1) is 18.5 Å². The first-order chi connectivity index (χ1) is 12.3. The number of anilines is 1. The third kappa shape index (κ3) is 5.69. The average Bonchev–Trinajstić information content (AvgIpc) is 2.59. The molecule has 2 aromatic rings. The van der Waals surface area contributed by atoms with Gasteiger partial charge in [0.25, 0.3) is 0 Å². The largest absolute Gasteiger partial charge is 0.492 e. The normalized spacial score (nSPS) is 11.0. The number of carbonyl (C=O) groups is 1. The van der Waals surface area contributed by atoms with Gasteiger partial charge in [-0.1, -0.05) is 18.2 Å². The Morgan fingerprint density at radius 2 is 1.81 bits per heavy atom. The van der Waals surface area contributed by atoms with E-state index < -0.39 is 34.1 Å². The summed E-state index contributed by atoms with van der Waals surface area (Å²) < 4.78 is 56.3. The van der Waals surface area contributed by atoms with Crippen LogP contribution in [0.15, 0.2) is 48.5 Å². The summed E-state index contributed by atoms with van der Waals surface area (Å²) in [4.78, 5) is 12.0. The number of ether oxygens (including phenoxy) is 1. The molecular weight excluding hydrogens is 366 g/mol. The van der Waals surface area contributed by atoms with Crippen molar-refractivity contribution in [3.63, 3.8) is 0 Å². The van der Waals surface area contributed by atoms with Crippen LogP contribution in [0.5, 0.6) is 5.75 Å². The van der Waals surface area contributed by atoms with Crippen LogP contribution in [0.4, 0.5) is 14.5 Å². The molecule has 0 bridgehead atoms. The van der Waals surface area contributed by atoms with Crippen molar-refractivity contribution < 1.29 is 26.7 Å². The lowest BCUT2D eigenvalue weighted by Crippen LogP contribution is -2.41. The summed E-state index contributed by atoms with van der Waals surface area (Å²) in [6, 6.07) is 11.6. The molecule has 0 fully saturated rings. The van der Waals surface area contributed by atoms with E-state index >= 15 is 0 Å². The van der Waals surface area contributed by atoms with Crippen molar-refractivity contribution in [2.24, 2.45) is 0 Å². The van der Waals surface area contributed by atoms with Crippen molar-refractivity contribution in [1.29, 1.82) is 0 Å². The smallest absolute Gasteiger partial charge is 0.240 e. The molecule has 0 aliphatic carbocycles. The monoisotopic (exact) mass is 384 g/mol. The van der Waals surface area contributed by atoms with Crippen molar-refractivity contribution in [3.8, 4) is 5.75 Å². The average molecular weight is 384 g/mol. The molecule has 0 aliphatic heterocycles. The Labute approximate surface area is 150 Å². The van der Waals surface area contributed by atoms with Gasteiger partial charge in [0.1, 0.15) is 18.9 Å². The first kappa shape index (κ1) is 19.6. The van der Waals surface area contributed by atoms with E-state index in [1.807, 2.05) is 6.07 Å². The zero-order valence-corrected chi connectivity index (χ0v) is 14.8. The van der Waals surface area contributed by atoms with Crippen LogP contribution in [0.2, 0.25) is 0 Å². The number of hydrogen-bond acceptors (Lipinski definition) is 4. The van der Waals surface area contributed by atoms with Crippen molar-refractivity contribution >= 4 is 21.6 Å². The Bertz CT molecular complexity index is 860. The molecule has 9 heteroatoms. The van der Waals surface area contributed by atoms with Gasteiger partial charge in [-0.25, -0.2) is 17.2 Å². The minimum Gasteiger partial charge on any atom is -0.492 e. The van der Waals surface area contributed by atoms with Crippen LogP contribution in [-0.2, 0) is 14.8 Å². The second kappa shape index (κ2) is 8.61. The lowest BCUT2D eigenvalue weighted by Gasteiger charge is -2.22. The summed E-state index contributed by atoms with van der Waals surface area (Å²) in [7, 11) is -3.86. The Kier molecular flexibility index (Phi) is 6.51. The van der Waals surface area contributed by atoms with Crippen LogP contribution in [0.25, 0.3) is 0 Å². The number of para-hydroxylation sites is 1. The second-order valence-electron chi connectivity index (χ2n) is 5.38. The Balaban J connectivity index is 1.93. The Hall–Kier alpha value is -2.68. The molecule has 0 radical (unpaired) electrons. The minimum absolute atomic E-state index is 0.137. The number of carbonyl (C=O) groups excluding carboxylic acids is 1. The predicted molar refractivity (Wildman–Crippen MR) is 93.5 cm³/mol. The number of rotatable bonds is 8. The number of hydrogen-bond donors (Lipinski definition) is 1. The molecular formula is C17H18F2N2O4S. The minimum atomic E-state index is -3.86. The zero-order valence-electron chi connectivity index (χ0n) is 14.0. The molecule has 0 spiro atoms. The Morgan fingerprint density at radius 1 is 1.12 bits per heavy atom. The summed E-state index contributed by atoms with van der Waals surface area (Å²) in [5.41, 5.74) is -0.137. The van der Waals surface area contributed by atoms with E-state index in [0.29, 0.717) is 10.1 Å². The molecule has 6 nitrogen and oxygen atoms in total. The maximum Gasteiger partial charge on any atom is 0.240 e. The van der Waals surface area contributed by atoms with Gasteiger partial charge in [0.15, 0.2) is 11.6 Å². The molecule has 0 heterocycles. The molecule has 0 atom stereocenters. The number of sulfonamides is 1. The van der Waals surface area contributed by atoms with Crippen LogP contribution in [-0.4, -0.2) is 40.3 Å². The SMILES string of the molecule is CS(=O)(=O)N(CC(=O)NCCOc1ccccc1)c1ccc(F)c(F)c1. The van der Waals surface area contributed by atoms with Crippen molar-refractivity contribution in [2.75, 3.05) is 30.3 Å². The number of nitrogens with zero attached hydrogens (tertiary/aromatic N) is 1. The van der Waals surface area contributed by atoms with E-state index in [9.17, 15) is 22.0 Å². The maximum atomic E-state index is 13.4. The molecule has 0 saturated carbocycles. The fraction of sp³-hybridized carbons (Fsp3) is 0.235. The van der Waals surface area contributed by atoms with Gasteiger partial charge in [0.2, 0.25) is 15.9 Å². The van der Waals surface area contributed by atoms with Crippen molar-refractivity contribution in [2.45, 2.75) is 0 Å². The van der Waals surface area contributed by atoms with Gasteiger partial charge >= 0.3 is 0 Å². The highest BCUT2D eigenvalue weighted by Crippen LogP contribution is 2.20. The maximum absolute atomic E-state index is 13.4. The molecule has 1 amide bonds. The van der Waals surface area contributed by atoms with E-state index in [1.165, 1.54) is 0 Å². The van der Waals surface area contributed by atoms with Gasteiger partial charge in [-0.15, -0.1) is 0 Å². The van der Waals surface area contributed by atoms with Crippen molar-refractivity contribution in [1.82, 2.24) is 5.32 Å². The van der Waals surface area contributed by atoms with E-state index in [1.54, 1.807) is 24.3 Å². The van der Waals surface area contributed by atoms with E-state index in [-0.39, 0.29) is 18.8 Å². The number of halogens is 2. The molecule has 1 N–H and O–H groups in total. The third-order valence-corrected chi connectivity index (χ3v) is 4.46. The fourth-order valence-electron chi connectivity index (χ4n) is 2.10. The highest BCUT2D eigenvalue weighted by atomic mass is 32.2. The molecule has 140 valence electrons. The van der Waals surface area contributed by atoms with Gasteiger partial charge < -0.3 is 10.1 Å². The number of nitrogens with one attached hydrogen (secondary N) is 1. The fourth-order valence-corrected chi connectivity index (χ4v) is 2.95. The molecule has 0 aliphatic rings.